The van der Waals surface area contributed by atoms with Crippen molar-refractivity contribution in [2.24, 2.45) is 7.05 Å². The fourth-order valence-corrected chi connectivity index (χ4v) is 2.35. The highest BCUT2D eigenvalue weighted by atomic mass is 19.1. The Morgan fingerprint density at radius 2 is 2.04 bits per heavy atom. The molecule has 0 amide bonds. The van der Waals surface area contributed by atoms with Crippen LogP contribution in [0.5, 0.6) is 0 Å². The van der Waals surface area contributed by atoms with Crippen LogP contribution in [-0.4, -0.2) is 21.5 Å². The first-order valence-electron chi connectivity index (χ1n) is 7.48. The molecule has 1 aromatic carbocycles. The van der Waals surface area contributed by atoms with E-state index in [9.17, 15) is 18.8 Å². The average molecular weight is 334 g/mol. The number of nitrogen functional groups attached to an aromatic ring is 1. The SMILES string of the molecule is CCCn1c(N)c(C(=O)CNc2cccc(F)c2)c(=O)n(C)c1=O. The third kappa shape index (κ3) is 3.37. The van der Waals surface area contributed by atoms with E-state index in [-0.39, 0.29) is 17.9 Å². The van der Waals surface area contributed by atoms with Gasteiger partial charge in [-0.25, -0.2) is 9.18 Å². The first-order chi connectivity index (χ1) is 11.4. The number of carbonyl (C=O) groups excluding carboxylic acids is 1. The number of carbonyl (C=O) groups is 1. The lowest BCUT2D eigenvalue weighted by molar-refractivity contribution is 0.100. The Kier molecular flexibility index (Phi) is 5.18. The van der Waals surface area contributed by atoms with E-state index in [0.717, 1.165) is 4.57 Å². The molecule has 0 aliphatic carbocycles. The maximum absolute atomic E-state index is 13.1. The van der Waals surface area contributed by atoms with Crippen molar-refractivity contribution in [3.8, 4) is 0 Å². The maximum atomic E-state index is 13.1. The molecule has 7 nitrogen and oxygen atoms in total. The fourth-order valence-electron chi connectivity index (χ4n) is 2.35. The number of hydrogen-bond acceptors (Lipinski definition) is 5. The van der Waals surface area contributed by atoms with Crippen LogP contribution in [0.15, 0.2) is 33.9 Å². The van der Waals surface area contributed by atoms with Crippen molar-refractivity contribution in [2.45, 2.75) is 19.9 Å². The summed E-state index contributed by atoms with van der Waals surface area (Å²) in [6.07, 6.45) is 0.623. The minimum absolute atomic E-state index is 0.143. The van der Waals surface area contributed by atoms with Crippen LogP contribution >= 0.6 is 0 Å². The van der Waals surface area contributed by atoms with Gasteiger partial charge in [-0.05, 0) is 24.6 Å². The predicted octanol–water partition coefficient (Wildman–Crippen LogP) is 0.973. The van der Waals surface area contributed by atoms with Crippen molar-refractivity contribution in [1.29, 1.82) is 0 Å². The zero-order valence-corrected chi connectivity index (χ0v) is 13.5. The fraction of sp³-hybridized carbons (Fsp3) is 0.312. The number of Topliss-reactive ketones (excluding diaryl/α,β-unsaturated/α-hetero) is 1. The van der Waals surface area contributed by atoms with Gasteiger partial charge < -0.3 is 11.1 Å². The molecule has 1 aromatic heterocycles. The lowest BCUT2D eigenvalue weighted by atomic mass is 10.2. The largest absolute Gasteiger partial charge is 0.384 e. The third-order valence-electron chi connectivity index (χ3n) is 3.59. The molecular formula is C16H19FN4O3. The molecule has 0 atom stereocenters. The van der Waals surface area contributed by atoms with E-state index in [1.807, 2.05) is 6.92 Å². The van der Waals surface area contributed by atoms with Gasteiger partial charge in [0.1, 0.15) is 17.2 Å². The first-order valence-corrected chi connectivity index (χ1v) is 7.48. The molecule has 0 saturated heterocycles. The van der Waals surface area contributed by atoms with Crippen LogP contribution in [0.2, 0.25) is 0 Å². The van der Waals surface area contributed by atoms with Crippen molar-refractivity contribution in [3.63, 3.8) is 0 Å². The molecule has 2 rings (SSSR count). The zero-order chi connectivity index (χ0) is 17.9. The van der Waals surface area contributed by atoms with Gasteiger partial charge >= 0.3 is 5.69 Å². The number of anilines is 2. The summed E-state index contributed by atoms with van der Waals surface area (Å²) < 4.78 is 15.2. The van der Waals surface area contributed by atoms with Crippen molar-refractivity contribution < 1.29 is 9.18 Å². The summed E-state index contributed by atoms with van der Waals surface area (Å²) in [6, 6.07) is 5.60. The Morgan fingerprint density at radius 3 is 2.67 bits per heavy atom. The van der Waals surface area contributed by atoms with E-state index in [2.05, 4.69) is 5.32 Å². The number of hydrogen-bond donors (Lipinski definition) is 2. The lowest BCUT2D eigenvalue weighted by Crippen LogP contribution is -2.43. The third-order valence-corrected chi connectivity index (χ3v) is 3.59. The molecule has 8 heteroatoms. The van der Waals surface area contributed by atoms with Gasteiger partial charge in [0.05, 0.1) is 6.54 Å². The summed E-state index contributed by atoms with van der Waals surface area (Å²) in [7, 11) is 1.30. The Balaban J connectivity index is 2.35. The molecule has 0 fully saturated rings. The molecule has 24 heavy (non-hydrogen) atoms. The number of aromatic nitrogens is 2. The summed E-state index contributed by atoms with van der Waals surface area (Å²) in [5.41, 5.74) is 4.74. The van der Waals surface area contributed by atoms with Crippen molar-refractivity contribution in [2.75, 3.05) is 17.6 Å². The van der Waals surface area contributed by atoms with E-state index in [1.165, 1.54) is 29.8 Å². The molecule has 0 spiro atoms. The second-order valence-corrected chi connectivity index (χ2v) is 5.35. The van der Waals surface area contributed by atoms with Gasteiger partial charge in [-0.15, -0.1) is 0 Å². The number of nitrogens with one attached hydrogen (secondary N) is 1. The van der Waals surface area contributed by atoms with Gasteiger partial charge in [0.2, 0.25) is 0 Å². The summed E-state index contributed by atoms with van der Waals surface area (Å²) in [6.45, 7) is 1.91. The monoisotopic (exact) mass is 334 g/mol. The number of rotatable bonds is 6. The van der Waals surface area contributed by atoms with Crippen molar-refractivity contribution in [1.82, 2.24) is 9.13 Å². The second kappa shape index (κ2) is 7.12. The van der Waals surface area contributed by atoms with Crippen LogP contribution in [0.25, 0.3) is 0 Å². The molecule has 128 valence electrons. The lowest BCUT2D eigenvalue weighted by Gasteiger charge is -2.14. The van der Waals surface area contributed by atoms with E-state index < -0.39 is 22.8 Å². The van der Waals surface area contributed by atoms with Crippen LogP contribution in [-0.2, 0) is 13.6 Å². The Labute approximate surface area is 137 Å². The summed E-state index contributed by atoms with van der Waals surface area (Å²) in [4.78, 5) is 36.7. The zero-order valence-electron chi connectivity index (χ0n) is 13.5. The smallest absolute Gasteiger partial charge is 0.332 e. The topological polar surface area (TPSA) is 99.1 Å². The standard InChI is InChI=1S/C16H19FN4O3/c1-3-7-21-14(18)13(15(23)20(2)16(21)24)12(22)9-19-11-6-4-5-10(17)8-11/h4-6,8,19H,3,7,9,18H2,1-2H3. The average Bonchev–Trinajstić information content (AvgIpc) is 2.55. The van der Waals surface area contributed by atoms with Crippen LogP contribution in [0.3, 0.4) is 0 Å². The Morgan fingerprint density at radius 1 is 1.33 bits per heavy atom. The van der Waals surface area contributed by atoms with Gasteiger partial charge in [0, 0.05) is 19.3 Å². The molecule has 1 heterocycles. The van der Waals surface area contributed by atoms with Gasteiger partial charge in [-0.2, -0.15) is 0 Å². The number of nitrogens with two attached hydrogens (primary N) is 1. The molecule has 3 N–H and O–H groups in total. The molecule has 0 saturated carbocycles. The number of nitrogens with zero attached hydrogens (tertiary/aromatic N) is 2. The van der Waals surface area contributed by atoms with Crippen molar-refractivity contribution >= 4 is 17.3 Å². The molecule has 0 radical (unpaired) electrons. The predicted molar refractivity (Wildman–Crippen MR) is 89.9 cm³/mol. The van der Waals surface area contributed by atoms with E-state index in [1.54, 1.807) is 6.07 Å². The highest BCUT2D eigenvalue weighted by Crippen LogP contribution is 2.11. The molecule has 2 aromatic rings. The Hall–Kier alpha value is -2.90. The highest BCUT2D eigenvalue weighted by Gasteiger charge is 2.20. The molecular weight excluding hydrogens is 315 g/mol. The summed E-state index contributed by atoms with van der Waals surface area (Å²) in [5, 5.41) is 2.74. The summed E-state index contributed by atoms with van der Waals surface area (Å²) in [5.74, 6) is -1.16. The first kappa shape index (κ1) is 17.5. The minimum atomic E-state index is -0.740. The maximum Gasteiger partial charge on any atom is 0.332 e. The molecule has 0 aliphatic rings. The van der Waals surface area contributed by atoms with E-state index in [4.69, 9.17) is 5.73 Å². The van der Waals surface area contributed by atoms with E-state index >= 15 is 0 Å². The van der Waals surface area contributed by atoms with Crippen LogP contribution in [0.1, 0.15) is 23.7 Å². The van der Waals surface area contributed by atoms with Crippen molar-refractivity contribution in [3.05, 3.63) is 56.5 Å². The molecule has 0 unspecified atom stereocenters. The van der Waals surface area contributed by atoms with Crippen LogP contribution in [0.4, 0.5) is 15.9 Å². The van der Waals surface area contributed by atoms with Crippen LogP contribution in [0, 0.1) is 5.82 Å². The number of benzene rings is 1. The minimum Gasteiger partial charge on any atom is -0.384 e. The molecule has 0 bridgehead atoms. The highest BCUT2D eigenvalue weighted by molar-refractivity contribution is 6.02. The van der Waals surface area contributed by atoms with Gasteiger partial charge in [-0.3, -0.25) is 18.7 Å². The molecule has 0 aliphatic heterocycles. The number of halogens is 1. The summed E-state index contributed by atoms with van der Waals surface area (Å²) >= 11 is 0. The normalized spacial score (nSPS) is 10.6. The number of ketones is 1. The quantitative estimate of drug-likeness (QED) is 0.767. The van der Waals surface area contributed by atoms with Gasteiger partial charge in [0.15, 0.2) is 5.78 Å². The van der Waals surface area contributed by atoms with Gasteiger partial charge in [-0.1, -0.05) is 13.0 Å². The Bertz CT molecular complexity index is 886. The van der Waals surface area contributed by atoms with Crippen LogP contribution < -0.4 is 22.3 Å². The van der Waals surface area contributed by atoms with E-state index in [0.29, 0.717) is 18.7 Å². The van der Waals surface area contributed by atoms with Gasteiger partial charge in [0.25, 0.3) is 5.56 Å². The second-order valence-electron chi connectivity index (χ2n) is 5.35.